The second-order valence-electron chi connectivity index (χ2n) is 9.23. The fraction of sp³-hybridized carbons (Fsp3) is 0.0909. The van der Waals surface area contributed by atoms with E-state index in [1.807, 2.05) is 42.5 Å². The summed E-state index contributed by atoms with van der Waals surface area (Å²) in [6.07, 6.45) is 3.66. The van der Waals surface area contributed by atoms with Crippen LogP contribution in [0, 0.1) is 5.82 Å². The third-order valence-corrected chi connectivity index (χ3v) is 6.32. The molecule has 1 aromatic heterocycles. The summed E-state index contributed by atoms with van der Waals surface area (Å²) < 4.78 is 25.9. The van der Waals surface area contributed by atoms with Crippen molar-refractivity contribution >= 4 is 28.7 Å². The number of amides is 1. The smallest absolute Gasteiger partial charge is 0.282 e. The molecule has 1 N–H and O–H groups in total. The van der Waals surface area contributed by atoms with Gasteiger partial charge >= 0.3 is 0 Å². The van der Waals surface area contributed by atoms with Crippen molar-refractivity contribution in [2.45, 2.75) is 6.42 Å². The molecule has 210 valence electrons. The van der Waals surface area contributed by atoms with E-state index in [4.69, 9.17) is 14.5 Å². The van der Waals surface area contributed by atoms with Crippen molar-refractivity contribution in [1.29, 1.82) is 0 Å². The highest BCUT2D eigenvalue weighted by Gasteiger charge is 2.16. The minimum absolute atomic E-state index is 0.302. The summed E-state index contributed by atoms with van der Waals surface area (Å²) in [5.74, 6) is 0.331. The number of carbonyl (C=O) groups is 1. The zero-order chi connectivity index (χ0) is 29.5. The second-order valence-corrected chi connectivity index (χ2v) is 9.23. The van der Waals surface area contributed by atoms with Crippen molar-refractivity contribution in [2.24, 2.45) is 5.10 Å². The number of methoxy groups -OCH3 is 1. The number of para-hydroxylation sites is 1. The maximum Gasteiger partial charge on any atom is 0.282 e. The summed E-state index contributed by atoms with van der Waals surface area (Å²) in [6, 6.07) is 25.5. The third-order valence-electron chi connectivity index (χ3n) is 6.32. The molecule has 0 saturated heterocycles. The lowest BCUT2D eigenvalue weighted by Crippen LogP contribution is -2.21. The summed E-state index contributed by atoms with van der Waals surface area (Å²) in [7, 11) is 1.49. The molecule has 0 spiro atoms. The molecule has 8 nitrogen and oxygen atoms in total. The molecule has 0 aliphatic rings. The number of ether oxygens (including phenoxy) is 2. The van der Waals surface area contributed by atoms with Gasteiger partial charge in [0.2, 0.25) is 0 Å². The molecule has 4 aromatic carbocycles. The van der Waals surface area contributed by atoms with E-state index in [1.165, 1.54) is 36.1 Å². The fourth-order valence-electron chi connectivity index (χ4n) is 4.38. The topological polar surface area (TPSA) is 94.8 Å². The number of hydrogen-bond donors (Lipinski definition) is 1. The first-order valence-electron chi connectivity index (χ1n) is 13.1. The van der Waals surface area contributed by atoms with Gasteiger partial charge in [0, 0.05) is 16.8 Å². The Morgan fingerprint density at radius 2 is 1.79 bits per heavy atom. The molecule has 0 aliphatic heterocycles. The van der Waals surface area contributed by atoms with Crippen molar-refractivity contribution in [3.8, 4) is 22.9 Å². The minimum Gasteiger partial charge on any atom is -0.493 e. The van der Waals surface area contributed by atoms with Gasteiger partial charge in [-0.3, -0.25) is 9.59 Å². The molecule has 0 unspecified atom stereocenters. The van der Waals surface area contributed by atoms with Crippen LogP contribution in [0.25, 0.3) is 22.3 Å². The predicted molar refractivity (Wildman–Crippen MR) is 162 cm³/mol. The highest BCUT2D eigenvalue weighted by atomic mass is 19.1. The van der Waals surface area contributed by atoms with Crippen LogP contribution in [-0.2, 0) is 11.2 Å². The van der Waals surface area contributed by atoms with Gasteiger partial charge in [0.1, 0.15) is 5.82 Å². The average molecular weight is 563 g/mol. The number of benzene rings is 4. The lowest BCUT2D eigenvalue weighted by atomic mass is 10.1. The first-order valence-corrected chi connectivity index (χ1v) is 13.1. The largest absolute Gasteiger partial charge is 0.493 e. The second kappa shape index (κ2) is 12.7. The van der Waals surface area contributed by atoms with Crippen LogP contribution in [0.2, 0.25) is 0 Å². The molecule has 0 atom stereocenters. The number of allylic oxidation sites excluding steroid dienone is 1. The Kier molecular flexibility index (Phi) is 8.48. The molecule has 1 heterocycles. The van der Waals surface area contributed by atoms with Crippen molar-refractivity contribution in [1.82, 2.24) is 9.66 Å². The van der Waals surface area contributed by atoms with E-state index in [2.05, 4.69) is 17.0 Å². The number of rotatable bonds is 10. The van der Waals surface area contributed by atoms with Crippen molar-refractivity contribution in [2.75, 3.05) is 19.0 Å². The van der Waals surface area contributed by atoms with Crippen LogP contribution in [0.5, 0.6) is 11.5 Å². The van der Waals surface area contributed by atoms with E-state index in [0.29, 0.717) is 51.5 Å². The Balaban J connectivity index is 1.47. The monoisotopic (exact) mass is 562 g/mol. The van der Waals surface area contributed by atoms with E-state index in [9.17, 15) is 14.0 Å². The summed E-state index contributed by atoms with van der Waals surface area (Å²) in [6.45, 7) is 3.52. The number of nitrogens with one attached hydrogen (secondary N) is 1. The fourth-order valence-corrected chi connectivity index (χ4v) is 4.38. The number of hydrogen-bond acceptors (Lipinski definition) is 6. The highest BCUT2D eigenvalue weighted by Crippen LogP contribution is 2.33. The molecule has 42 heavy (non-hydrogen) atoms. The van der Waals surface area contributed by atoms with Gasteiger partial charge in [0.25, 0.3) is 11.5 Å². The van der Waals surface area contributed by atoms with Gasteiger partial charge in [0.15, 0.2) is 23.9 Å². The van der Waals surface area contributed by atoms with Gasteiger partial charge in [0.05, 0.1) is 24.2 Å². The van der Waals surface area contributed by atoms with E-state index in [-0.39, 0.29) is 12.2 Å². The molecule has 0 aliphatic carbocycles. The Hall–Kier alpha value is -5.57. The summed E-state index contributed by atoms with van der Waals surface area (Å²) in [5.41, 5.74) is 2.79. The molecule has 0 fully saturated rings. The number of carbonyl (C=O) groups excluding carboxylic acids is 1. The van der Waals surface area contributed by atoms with Gasteiger partial charge in [-0.05, 0) is 60.5 Å². The number of fused-ring (bicyclic) bond motifs is 1. The zero-order valence-electron chi connectivity index (χ0n) is 22.8. The van der Waals surface area contributed by atoms with Crippen LogP contribution in [0.4, 0.5) is 10.1 Å². The van der Waals surface area contributed by atoms with Crippen LogP contribution < -0.4 is 20.3 Å². The Bertz CT molecular complexity index is 1830. The number of halogens is 1. The number of nitrogens with zero attached hydrogens (tertiary/aromatic N) is 3. The van der Waals surface area contributed by atoms with Gasteiger partial charge in [-0.25, -0.2) is 9.37 Å². The normalized spacial score (nSPS) is 11.0. The maximum atomic E-state index is 13.5. The third kappa shape index (κ3) is 6.26. The summed E-state index contributed by atoms with van der Waals surface area (Å²) in [4.78, 5) is 30.7. The molecule has 0 radical (unpaired) electrons. The average Bonchev–Trinajstić information content (AvgIpc) is 3.01. The van der Waals surface area contributed by atoms with Crippen LogP contribution in [0.15, 0.2) is 114 Å². The molecule has 1 amide bonds. The van der Waals surface area contributed by atoms with Crippen molar-refractivity contribution in [3.63, 3.8) is 0 Å². The number of aromatic nitrogens is 2. The van der Waals surface area contributed by atoms with E-state index >= 15 is 0 Å². The SMILES string of the molecule is C=CCc1cc(C=Nn2c(-c3ccccc3)nc3ccccc3c2=O)cc(OC)c1OCC(=O)Nc1ccc(F)cc1. The number of anilines is 1. The Labute approximate surface area is 241 Å². The van der Waals surface area contributed by atoms with Crippen molar-refractivity contribution in [3.05, 3.63) is 131 Å². The minimum atomic E-state index is -0.421. The van der Waals surface area contributed by atoms with Crippen LogP contribution in [0.1, 0.15) is 11.1 Å². The van der Waals surface area contributed by atoms with Gasteiger partial charge in [-0.2, -0.15) is 9.78 Å². The quantitative estimate of drug-likeness (QED) is 0.171. The summed E-state index contributed by atoms with van der Waals surface area (Å²) in [5, 5.41) is 7.65. The molecular formula is C33H27FN4O4. The van der Waals surface area contributed by atoms with Crippen LogP contribution in [-0.4, -0.2) is 35.5 Å². The molecule has 9 heteroatoms. The van der Waals surface area contributed by atoms with Crippen LogP contribution >= 0.6 is 0 Å². The van der Waals surface area contributed by atoms with E-state index in [0.717, 1.165) is 5.56 Å². The highest BCUT2D eigenvalue weighted by molar-refractivity contribution is 5.92. The van der Waals surface area contributed by atoms with E-state index < -0.39 is 11.7 Å². The van der Waals surface area contributed by atoms with Crippen molar-refractivity contribution < 1.29 is 18.7 Å². The van der Waals surface area contributed by atoms with E-state index in [1.54, 1.807) is 36.6 Å². The first-order chi connectivity index (χ1) is 20.5. The lowest BCUT2D eigenvalue weighted by molar-refractivity contribution is -0.118. The van der Waals surface area contributed by atoms with Gasteiger partial charge in [-0.15, -0.1) is 6.58 Å². The standard InChI is InChI=1S/C33H27FN4O4/c1-3-9-24-18-22(19-29(41-2)31(24)42-21-30(39)36-26-16-14-25(34)15-17-26)20-35-38-32(23-10-5-4-6-11-23)37-28-13-8-7-12-27(28)33(38)40/h3-8,10-20H,1,9,21H2,2H3,(H,36,39). The van der Waals surface area contributed by atoms with Gasteiger partial charge < -0.3 is 14.8 Å². The summed E-state index contributed by atoms with van der Waals surface area (Å²) >= 11 is 0. The Morgan fingerprint density at radius 1 is 1.05 bits per heavy atom. The molecule has 0 saturated carbocycles. The van der Waals surface area contributed by atoms with Gasteiger partial charge in [-0.1, -0.05) is 48.5 Å². The van der Waals surface area contributed by atoms with Crippen LogP contribution in [0.3, 0.4) is 0 Å². The molecule has 0 bridgehead atoms. The predicted octanol–water partition coefficient (Wildman–Crippen LogP) is 5.84. The first kappa shape index (κ1) is 28.0. The lowest BCUT2D eigenvalue weighted by Gasteiger charge is -2.16. The molecule has 5 rings (SSSR count). The molecular weight excluding hydrogens is 535 g/mol. The Morgan fingerprint density at radius 3 is 2.52 bits per heavy atom. The zero-order valence-corrected chi connectivity index (χ0v) is 22.8. The maximum absolute atomic E-state index is 13.5. The molecule has 5 aromatic rings.